The molecular weight excluding hydrogens is 98.0 g/mol. The van der Waals surface area contributed by atoms with E-state index in [-0.39, 0.29) is 5.95 Å². The number of nitrogens with one attached hydrogen (secondary N) is 1. The summed E-state index contributed by atoms with van der Waals surface area (Å²) in [7, 11) is 0. The Kier molecular flexibility index (Phi) is 0.619. The summed E-state index contributed by atoms with van der Waals surface area (Å²) in [5.41, 5.74) is 4.92. The number of rotatable bonds is 0. The average Bonchev–Trinajstić information content (AvgIpc) is 1.87. The molecule has 38 valence electrons. The molecular formula is C2H3N3O2. The van der Waals surface area contributed by atoms with E-state index in [2.05, 4.69) is 9.51 Å². The summed E-state index contributed by atoms with van der Waals surface area (Å²) < 4.78 is 4.05. The van der Waals surface area contributed by atoms with E-state index in [1.807, 2.05) is 5.16 Å². The minimum Gasteiger partial charge on any atom is -0.367 e. The van der Waals surface area contributed by atoms with E-state index in [4.69, 9.17) is 5.73 Å². The van der Waals surface area contributed by atoms with Gasteiger partial charge in [-0.25, -0.2) is 4.79 Å². The van der Waals surface area contributed by atoms with Gasteiger partial charge < -0.3 is 10.3 Å². The van der Waals surface area contributed by atoms with E-state index in [9.17, 15) is 4.79 Å². The lowest BCUT2D eigenvalue weighted by molar-refractivity contribution is 0.388. The number of nitrogens with zero attached hydrogens (tertiary/aromatic N) is 1. The molecule has 0 fully saturated rings. The molecule has 0 amide bonds. The van der Waals surface area contributed by atoms with E-state index in [1.54, 1.807) is 0 Å². The number of hydrogen-bond donors (Lipinski definition) is 2. The number of aromatic nitrogens is 2. The first-order chi connectivity index (χ1) is 3.29. The summed E-state index contributed by atoms with van der Waals surface area (Å²) in [5, 5.41) is 2.05. The Hall–Kier alpha value is -1.26. The summed E-state index contributed by atoms with van der Waals surface area (Å²) in [6, 6.07) is 0. The first-order valence-corrected chi connectivity index (χ1v) is 1.60. The van der Waals surface area contributed by atoms with Crippen LogP contribution in [0.2, 0.25) is 0 Å². The monoisotopic (exact) mass is 101 g/mol. The third kappa shape index (κ3) is 0.594. The Morgan fingerprint density at radius 3 is 2.71 bits per heavy atom. The predicted octanol–water partition coefficient (Wildman–Crippen LogP) is -1.05. The maximum atomic E-state index is 9.90. The van der Waals surface area contributed by atoms with Crippen LogP contribution < -0.4 is 11.5 Å². The molecule has 3 N–H and O–H groups in total. The third-order valence-electron chi connectivity index (χ3n) is 0.455. The molecule has 0 unspecified atom stereocenters. The molecule has 1 heterocycles. The Morgan fingerprint density at radius 1 is 1.86 bits per heavy atom. The number of aromatic amines is 1. The summed E-state index contributed by atoms with van der Waals surface area (Å²) >= 11 is 0. The molecule has 0 saturated carbocycles. The Morgan fingerprint density at radius 2 is 2.57 bits per heavy atom. The molecule has 5 heteroatoms. The van der Waals surface area contributed by atoms with Gasteiger partial charge in [-0.3, -0.25) is 0 Å². The lowest BCUT2D eigenvalue weighted by atomic mass is 11.1. The Labute approximate surface area is 38.1 Å². The molecule has 0 spiro atoms. The molecule has 5 nitrogen and oxygen atoms in total. The number of H-pyrrole nitrogens is 1. The van der Waals surface area contributed by atoms with Gasteiger partial charge in [0.05, 0.1) is 0 Å². The van der Waals surface area contributed by atoms with Crippen LogP contribution in [0.4, 0.5) is 5.95 Å². The van der Waals surface area contributed by atoms with Gasteiger partial charge in [0.1, 0.15) is 0 Å². The second-order valence-corrected chi connectivity index (χ2v) is 0.967. The number of nitrogen functional groups attached to an aromatic ring is 1. The zero-order chi connectivity index (χ0) is 5.28. The molecule has 0 aliphatic heterocycles. The fraction of sp³-hybridized carbons (Fsp3) is 0. The van der Waals surface area contributed by atoms with E-state index in [0.717, 1.165) is 0 Å². The van der Waals surface area contributed by atoms with Crippen LogP contribution in [-0.2, 0) is 0 Å². The van der Waals surface area contributed by atoms with Crippen LogP contribution in [0, 0.1) is 0 Å². The standard InChI is InChI=1S/C2H3N3O2/c3-1-4-2(6)7-5-1/h(H3,3,4,5,6). The van der Waals surface area contributed by atoms with Gasteiger partial charge in [-0.15, -0.1) is 4.98 Å². The lowest BCUT2D eigenvalue weighted by Gasteiger charge is -1.66. The molecule has 7 heavy (non-hydrogen) atoms. The van der Waals surface area contributed by atoms with Crippen molar-refractivity contribution in [3.8, 4) is 0 Å². The van der Waals surface area contributed by atoms with Gasteiger partial charge >= 0.3 is 5.76 Å². The van der Waals surface area contributed by atoms with Crippen LogP contribution in [-0.4, -0.2) is 10.1 Å². The van der Waals surface area contributed by atoms with Gasteiger partial charge in [-0.1, -0.05) is 0 Å². The minimum atomic E-state index is -0.697. The smallest absolute Gasteiger partial charge is 0.367 e. The fourth-order valence-electron chi connectivity index (χ4n) is 0.240. The zero-order valence-electron chi connectivity index (χ0n) is 3.34. The molecule has 1 aromatic heterocycles. The van der Waals surface area contributed by atoms with Gasteiger partial charge in [0.25, 0.3) is 0 Å². The van der Waals surface area contributed by atoms with E-state index < -0.39 is 5.76 Å². The van der Waals surface area contributed by atoms with Gasteiger partial charge in [-0.05, 0) is 0 Å². The normalized spacial score (nSPS) is 9.14. The van der Waals surface area contributed by atoms with Crippen molar-refractivity contribution >= 4 is 5.95 Å². The highest BCUT2D eigenvalue weighted by molar-refractivity contribution is 5.06. The van der Waals surface area contributed by atoms with Crippen molar-refractivity contribution in [3.63, 3.8) is 0 Å². The van der Waals surface area contributed by atoms with Crippen molar-refractivity contribution < 1.29 is 4.52 Å². The Balaban J connectivity index is 3.30. The van der Waals surface area contributed by atoms with Crippen molar-refractivity contribution in [2.75, 3.05) is 5.73 Å². The van der Waals surface area contributed by atoms with Gasteiger partial charge in [0.2, 0.25) is 5.95 Å². The van der Waals surface area contributed by atoms with Crippen LogP contribution in [0.25, 0.3) is 0 Å². The van der Waals surface area contributed by atoms with Crippen molar-refractivity contribution in [2.24, 2.45) is 0 Å². The number of hydrogen-bond acceptors (Lipinski definition) is 4. The zero-order valence-corrected chi connectivity index (χ0v) is 3.34. The van der Waals surface area contributed by atoms with Crippen molar-refractivity contribution in [1.29, 1.82) is 0 Å². The minimum absolute atomic E-state index is 0.00463. The van der Waals surface area contributed by atoms with Crippen LogP contribution in [0.5, 0.6) is 0 Å². The number of nitrogens with two attached hydrogens (primary N) is 1. The quantitative estimate of drug-likeness (QED) is 0.436. The molecule has 0 saturated heterocycles. The summed E-state index contributed by atoms with van der Waals surface area (Å²) in [6.45, 7) is 0. The van der Waals surface area contributed by atoms with Crippen LogP contribution in [0.1, 0.15) is 0 Å². The highest BCUT2D eigenvalue weighted by Crippen LogP contribution is 1.75. The van der Waals surface area contributed by atoms with Crippen molar-refractivity contribution in [2.45, 2.75) is 0 Å². The average molecular weight is 101 g/mol. The third-order valence-corrected chi connectivity index (χ3v) is 0.455. The molecule has 0 aliphatic rings. The van der Waals surface area contributed by atoms with Crippen molar-refractivity contribution in [3.05, 3.63) is 10.6 Å². The fourth-order valence-corrected chi connectivity index (χ4v) is 0.240. The number of anilines is 1. The molecule has 1 rings (SSSR count). The summed E-state index contributed by atoms with van der Waals surface area (Å²) in [4.78, 5) is 13.0. The lowest BCUT2D eigenvalue weighted by Crippen LogP contribution is -1.96. The van der Waals surface area contributed by atoms with Gasteiger partial charge in [0.15, 0.2) is 0 Å². The molecule has 1 aromatic rings. The Bertz CT molecular complexity index is 199. The molecule has 0 bridgehead atoms. The predicted molar refractivity (Wildman–Crippen MR) is 21.5 cm³/mol. The molecule has 0 radical (unpaired) electrons. The largest absolute Gasteiger partial charge is 0.461 e. The van der Waals surface area contributed by atoms with E-state index in [0.29, 0.717) is 0 Å². The first-order valence-electron chi connectivity index (χ1n) is 1.60. The maximum Gasteiger partial charge on any atom is 0.461 e. The van der Waals surface area contributed by atoms with Crippen molar-refractivity contribution in [1.82, 2.24) is 10.1 Å². The highest BCUT2D eigenvalue weighted by Gasteiger charge is 1.87. The second-order valence-electron chi connectivity index (χ2n) is 0.967. The summed E-state index contributed by atoms with van der Waals surface area (Å²) in [5.74, 6) is -0.692. The molecule has 0 aliphatic carbocycles. The molecule has 0 aromatic carbocycles. The SMILES string of the molecule is Nc1nc(=O)o[nH]1. The highest BCUT2D eigenvalue weighted by atomic mass is 16.5. The van der Waals surface area contributed by atoms with Crippen LogP contribution in [0.15, 0.2) is 9.32 Å². The van der Waals surface area contributed by atoms with Crippen LogP contribution >= 0.6 is 0 Å². The van der Waals surface area contributed by atoms with Gasteiger partial charge in [-0.2, -0.15) is 5.16 Å². The van der Waals surface area contributed by atoms with Gasteiger partial charge in [0, 0.05) is 0 Å². The maximum absolute atomic E-state index is 9.90. The van der Waals surface area contributed by atoms with Crippen LogP contribution in [0.3, 0.4) is 0 Å². The first kappa shape index (κ1) is 3.91. The topological polar surface area (TPSA) is 84.9 Å². The molecule has 0 atom stereocenters. The van der Waals surface area contributed by atoms with E-state index >= 15 is 0 Å². The summed E-state index contributed by atoms with van der Waals surface area (Å²) in [6.07, 6.45) is 0. The second kappa shape index (κ2) is 1.11. The van der Waals surface area contributed by atoms with E-state index in [1.165, 1.54) is 0 Å².